The third-order valence-corrected chi connectivity index (χ3v) is 3.19. The minimum atomic E-state index is -0.249. The van der Waals surface area contributed by atoms with Crippen LogP contribution < -0.4 is 5.32 Å². The van der Waals surface area contributed by atoms with Gasteiger partial charge in [0.2, 0.25) is 0 Å². The number of anilines is 2. The van der Waals surface area contributed by atoms with Crippen LogP contribution in [-0.4, -0.2) is 4.98 Å². The highest BCUT2D eigenvalue weighted by Crippen LogP contribution is 2.21. The molecule has 2 rings (SSSR count). The second-order valence-electron chi connectivity index (χ2n) is 3.96. The lowest BCUT2D eigenvalue weighted by Gasteiger charge is -2.08. The fourth-order valence-electron chi connectivity index (χ4n) is 1.56. The van der Waals surface area contributed by atoms with Gasteiger partial charge in [-0.05, 0) is 65.2 Å². The van der Waals surface area contributed by atoms with Crippen LogP contribution in [-0.2, 0) is 0 Å². The molecule has 0 saturated carbocycles. The average Bonchev–Trinajstić information content (AvgIpc) is 2.22. The van der Waals surface area contributed by atoms with Gasteiger partial charge in [0.25, 0.3) is 0 Å². The summed E-state index contributed by atoms with van der Waals surface area (Å²) in [5.41, 5.74) is 2.66. The molecular weight excluding hydrogens is 283 g/mol. The molecule has 1 aromatic carbocycles. The van der Waals surface area contributed by atoms with Crippen molar-refractivity contribution in [1.29, 1.82) is 0 Å². The third kappa shape index (κ3) is 3.03. The molecule has 0 aliphatic carbocycles. The molecule has 88 valence electrons. The molecule has 0 atom stereocenters. The Kier molecular flexibility index (Phi) is 3.43. The van der Waals surface area contributed by atoms with Crippen molar-refractivity contribution in [2.24, 2.45) is 0 Å². The largest absolute Gasteiger partial charge is 0.340 e. The van der Waals surface area contributed by atoms with Gasteiger partial charge >= 0.3 is 0 Å². The van der Waals surface area contributed by atoms with Gasteiger partial charge in [0.1, 0.15) is 11.6 Å². The van der Waals surface area contributed by atoms with E-state index < -0.39 is 0 Å². The van der Waals surface area contributed by atoms with Gasteiger partial charge in [-0.15, -0.1) is 0 Å². The first-order chi connectivity index (χ1) is 8.04. The van der Waals surface area contributed by atoms with E-state index in [0.29, 0.717) is 11.5 Å². The van der Waals surface area contributed by atoms with Crippen molar-refractivity contribution >= 4 is 27.4 Å². The maximum Gasteiger partial charge on any atom is 0.130 e. The van der Waals surface area contributed by atoms with E-state index >= 15 is 0 Å². The molecule has 0 radical (unpaired) electrons. The van der Waals surface area contributed by atoms with Gasteiger partial charge in [0.05, 0.1) is 0 Å². The van der Waals surface area contributed by atoms with Crippen molar-refractivity contribution in [3.8, 4) is 0 Å². The summed E-state index contributed by atoms with van der Waals surface area (Å²) in [6, 6.07) is 6.73. The van der Waals surface area contributed by atoms with Crippen molar-refractivity contribution in [2.45, 2.75) is 13.8 Å². The first-order valence-electron chi connectivity index (χ1n) is 5.21. The molecule has 0 aliphatic rings. The molecule has 0 amide bonds. The normalized spacial score (nSPS) is 10.4. The van der Waals surface area contributed by atoms with Gasteiger partial charge in [-0.2, -0.15) is 0 Å². The first kappa shape index (κ1) is 12.0. The maximum atomic E-state index is 13.2. The van der Waals surface area contributed by atoms with Crippen LogP contribution in [0.5, 0.6) is 0 Å². The van der Waals surface area contributed by atoms with Gasteiger partial charge in [-0.3, -0.25) is 0 Å². The standard InChI is InChI=1S/C13H12BrFN2/c1-8-3-10(15)6-11(4-8)17-13-5-9(2)12(14)7-16-13/h3-7H,1-2H3,(H,16,17). The van der Waals surface area contributed by atoms with Crippen LogP contribution >= 0.6 is 15.9 Å². The smallest absolute Gasteiger partial charge is 0.130 e. The Balaban J connectivity index is 2.28. The van der Waals surface area contributed by atoms with Gasteiger partial charge in [-0.1, -0.05) is 0 Å². The summed E-state index contributed by atoms with van der Waals surface area (Å²) in [5, 5.41) is 3.08. The zero-order valence-electron chi connectivity index (χ0n) is 9.59. The summed E-state index contributed by atoms with van der Waals surface area (Å²) >= 11 is 3.39. The number of nitrogens with zero attached hydrogens (tertiary/aromatic N) is 1. The molecule has 0 unspecified atom stereocenters. The second-order valence-corrected chi connectivity index (χ2v) is 4.82. The zero-order chi connectivity index (χ0) is 12.4. The molecule has 0 saturated heterocycles. The predicted octanol–water partition coefficient (Wildman–Crippen LogP) is 4.34. The first-order valence-corrected chi connectivity index (χ1v) is 6.00. The third-order valence-electron chi connectivity index (χ3n) is 2.36. The number of aryl methyl sites for hydroxylation is 2. The Hall–Kier alpha value is -1.42. The van der Waals surface area contributed by atoms with Crippen LogP contribution in [0.2, 0.25) is 0 Å². The van der Waals surface area contributed by atoms with Crippen LogP contribution in [0.15, 0.2) is 34.9 Å². The quantitative estimate of drug-likeness (QED) is 0.891. The SMILES string of the molecule is Cc1cc(F)cc(Nc2cc(C)c(Br)cn2)c1. The van der Waals surface area contributed by atoms with Crippen molar-refractivity contribution in [3.63, 3.8) is 0 Å². The summed E-state index contributed by atoms with van der Waals surface area (Å²) in [7, 11) is 0. The van der Waals surface area contributed by atoms with E-state index in [1.165, 1.54) is 12.1 Å². The minimum Gasteiger partial charge on any atom is -0.340 e. The molecule has 0 aliphatic heterocycles. The van der Waals surface area contributed by atoms with Gasteiger partial charge in [0, 0.05) is 16.4 Å². The molecule has 4 heteroatoms. The lowest BCUT2D eigenvalue weighted by Crippen LogP contribution is -1.95. The molecule has 2 aromatic rings. The van der Waals surface area contributed by atoms with Crippen molar-refractivity contribution in [1.82, 2.24) is 4.98 Å². The number of hydrogen-bond acceptors (Lipinski definition) is 2. The monoisotopic (exact) mass is 294 g/mol. The van der Waals surface area contributed by atoms with Gasteiger partial charge < -0.3 is 5.32 Å². The van der Waals surface area contributed by atoms with E-state index in [2.05, 4.69) is 26.2 Å². The number of halogens is 2. The summed E-state index contributed by atoms with van der Waals surface area (Å²) in [6.07, 6.45) is 1.73. The van der Waals surface area contributed by atoms with E-state index in [1.54, 1.807) is 6.20 Å². The highest BCUT2D eigenvalue weighted by Gasteiger charge is 2.01. The van der Waals surface area contributed by atoms with Crippen molar-refractivity contribution in [2.75, 3.05) is 5.32 Å². The van der Waals surface area contributed by atoms with Gasteiger partial charge in [-0.25, -0.2) is 9.37 Å². The number of aromatic nitrogens is 1. The summed E-state index contributed by atoms with van der Waals surface area (Å²) in [4.78, 5) is 4.21. The summed E-state index contributed by atoms with van der Waals surface area (Å²) < 4.78 is 14.2. The van der Waals surface area contributed by atoms with Crippen LogP contribution in [0.1, 0.15) is 11.1 Å². The molecular formula is C13H12BrFN2. The molecule has 0 bridgehead atoms. The Morgan fingerprint density at radius 1 is 1.18 bits per heavy atom. The highest BCUT2D eigenvalue weighted by molar-refractivity contribution is 9.10. The predicted molar refractivity (Wildman–Crippen MR) is 71.1 cm³/mol. The summed E-state index contributed by atoms with van der Waals surface area (Å²) in [5.74, 6) is 0.456. The topological polar surface area (TPSA) is 24.9 Å². The van der Waals surface area contributed by atoms with Crippen LogP contribution in [0.3, 0.4) is 0 Å². The lowest BCUT2D eigenvalue weighted by molar-refractivity contribution is 0.627. The highest BCUT2D eigenvalue weighted by atomic mass is 79.9. The summed E-state index contributed by atoms with van der Waals surface area (Å²) in [6.45, 7) is 3.84. The van der Waals surface area contributed by atoms with E-state index in [0.717, 1.165) is 15.6 Å². The fraction of sp³-hybridized carbons (Fsp3) is 0.154. The maximum absolute atomic E-state index is 13.2. The Bertz CT molecular complexity index is 535. The van der Waals surface area contributed by atoms with E-state index in [-0.39, 0.29) is 5.82 Å². The molecule has 1 heterocycles. The van der Waals surface area contributed by atoms with Gasteiger partial charge in [0.15, 0.2) is 0 Å². The fourth-order valence-corrected chi connectivity index (χ4v) is 1.78. The number of benzene rings is 1. The van der Waals surface area contributed by atoms with E-state index in [9.17, 15) is 4.39 Å². The van der Waals surface area contributed by atoms with Crippen LogP contribution in [0, 0.1) is 19.7 Å². The lowest BCUT2D eigenvalue weighted by atomic mass is 10.2. The average molecular weight is 295 g/mol. The molecule has 17 heavy (non-hydrogen) atoms. The van der Waals surface area contributed by atoms with Crippen LogP contribution in [0.4, 0.5) is 15.9 Å². The van der Waals surface area contributed by atoms with E-state index in [1.807, 2.05) is 26.0 Å². The zero-order valence-corrected chi connectivity index (χ0v) is 11.2. The second kappa shape index (κ2) is 4.84. The Labute approximate surface area is 108 Å². The molecule has 1 aromatic heterocycles. The minimum absolute atomic E-state index is 0.249. The number of hydrogen-bond donors (Lipinski definition) is 1. The number of nitrogens with one attached hydrogen (secondary N) is 1. The Morgan fingerprint density at radius 2 is 1.94 bits per heavy atom. The molecule has 1 N–H and O–H groups in total. The van der Waals surface area contributed by atoms with Crippen molar-refractivity contribution in [3.05, 3.63) is 51.9 Å². The molecule has 0 fully saturated rings. The molecule has 2 nitrogen and oxygen atoms in total. The Morgan fingerprint density at radius 3 is 2.59 bits per heavy atom. The van der Waals surface area contributed by atoms with Crippen LogP contribution in [0.25, 0.3) is 0 Å². The molecule has 0 spiro atoms. The number of rotatable bonds is 2. The van der Waals surface area contributed by atoms with E-state index in [4.69, 9.17) is 0 Å². The van der Waals surface area contributed by atoms with Crippen molar-refractivity contribution < 1.29 is 4.39 Å². The number of pyridine rings is 1.